The van der Waals surface area contributed by atoms with Crippen molar-refractivity contribution in [2.75, 3.05) is 26.9 Å². The van der Waals surface area contributed by atoms with Gasteiger partial charge in [0.05, 0.1) is 30.8 Å². The van der Waals surface area contributed by atoms with Crippen molar-refractivity contribution in [3.05, 3.63) is 0 Å². The highest BCUT2D eigenvalue weighted by atomic mass is 16.5. The number of rotatable bonds is 5. The average molecular weight is 178 g/mol. The zero-order valence-electron chi connectivity index (χ0n) is 7.87. The molecule has 12 heavy (non-hydrogen) atoms. The summed E-state index contributed by atoms with van der Waals surface area (Å²) in [7, 11) is 1.48. The van der Waals surface area contributed by atoms with E-state index in [0.29, 0.717) is 0 Å². The van der Waals surface area contributed by atoms with E-state index in [2.05, 4.69) is 0 Å². The zero-order chi connectivity index (χ0) is 9.83. The minimum atomic E-state index is -0.984. The first-order valence-electron chi connectivity index (χ1n) is 3.87. The molecule has 0 aliphatic carbocycles. The molecule has 0 fully saturated rings. The standard InChI is InChI=1S/C8H18O4/c1-7(2,12-3)8(4-9,5-10)6-11/h9-11H,4-6H2,1-3H3. The van der Waals surface area contributed by atoms with Crippen molar-refractivity contribution in [2.24, 2.45) is 5.41 Å². The molecule has 0 aliphatic heterocycles. The van der Waals surface area contributed by atoms with Crippen LogP contribution >= 0.6 is 0 Å². The molecule has 0 rings (SSSR count). The van der Waals surface area contributed by atoms with Crippen LogP contribution in [-0.4, -0.2) is 47.9 Å². The molecule has 0 heterocycles. The maximum atomic E-state index is 9.04. The summed E-state index contributed by atoms with van der Waals surface area (Å²) < 4.78 is 5.10. The van der Waals surface area contributed by atoms with Gasteiger partial charge in [-0.1, -0.05) is 0 Å². The first-order chi connectivity index (χ1) is 5.49. The molecule has 0 aliphatic rings. The van der Waals surface area contributed by atoms with Gasteiger partial charge < -0.3 is 20.1 Å². The molecule has 0 spiro atoms. The summed E-state index contributed by atoms with van der Waals surface area (Å²) in [6.07, 6.45) is 0. The van der Waals surface area contributed by atoms with E-state index in [0.717, 1.165) is 0 Å². The van der Waals surface area contributed by atoms with Crippen LogP contribution in [0.15, 0.2) is 0 Å². The molecule has 0 aromatic rings. The first-order valence-corrected chi connectivity index (χ1v) is 3.87. The molecular formula is C8H18O4. The smallest absolute Gasteiger partial charge is 0.0744 e. The minimum absolute atomic E-state index is 0.305. The molecule has 0 aromatic heterocycles. The monoisotopic (exact) mass is 178 g/mol. The zero-order valence-corrected chi connectivity index (χ0v) is 7.87. The lowest BCUT2D eigenvalue weighted by Gasteiger charge is -2.41. The Morgan fingerprint density at radius 3 is 1.42 bits per heavy atom. The van der Waals surface area contributed by atoms with E-state index in [9.17, 15) is 0 Å². The topological polar surface area (TPSA) is 69.9 Å². The Balaban J connectivity index is 4.69. The third-order valence-corrected chi connectivity index (χ3v) is 2.70. The molecule has 74 valence electrons. The van der Waals surface area contributed by atoms with Crippen LogP contribution in [0.3, 0.4) is 0 Å². The van der Waals surface area contributed by atoms with Crippen molar-refractivity contribution >= 4 is 0 Å². The van der Waals surface area contributed by atoms with E-state index in [1.54, 1.807) is 13.8 Å². The van der Waals surface area contributed by atoms with Gasteiger partial charge in [-0.05, 0) is 13.8 Å². The van der Waals surface area contributed by atoms with Gasteiger partial charge in [0.2, 0.25) is 0 Å². The van der Waals surface area contributed by atoms with E-state index < -0.39 is 11.0 Å². The quantitative estimate of drug-likeness (QED) is 0.524. The Bertz CT molecular complexity index is 121. The lowest BCUT2D eigenvalue weighted by atomic mass is 9.75. The summed E-state index contributed by atoms with van der Waals surface area (Å²) in [5.74, 6) is 0. The van der Waals surface area contributed by atoms with Crippen LogP contribution < -0.4 is 0 Å². The highest BCUT2D eigenvalue weighted by Gasteiger charge is 2.44. The molecular weight excluding hydrogens is 160 g/mol. The van der Waals surface area contributed by atoms with Gasteiger partial charge in [0.15, 0.2) is 0 Å². The molecule has 0 saturated heterocycles. The van der Waals surface area contributed by atoms with Crippen molar-refractivity contribution < 1.29 is 20.1 Å². The second-order valence-electron chi connectivity index (χ2n) is 3.47. The molecule has 0 radical (unpaired) electrons. The molecule has 0 amide bonds. The molecule has 0 atom stereocenters. The van der Waals surface area contributed by atoms with Gasteiger partial charge in [-0.3, -0.25) is 0 Å². The maximum Gasteiger partial charge on any atom is 0.0744 e. The van der Waals surface area contributed by atoms with E-state index >= 15 is 0 Å². The molecule has 3 N–H and O–H groups in total. The number of aliphatic hydroxyl groups is 3. The van der Waals surface area contributed by atoms with Crippen LogP contribution in [0.25, 0.3) is 0 Å². The lowest BCUT2D eigenvalue weighted by Crippen LogP contribution is -2.52. The Morgan fingerprint density at radius 1 is 1.00 bits per heavy atom. The number of aliphatic hydroxyl groups excluding tert-OH is 3. The molecule has 0 aromatic carbocycles. The van der Waals surface area contributed by atoms with Crippen LogP contribution in [0.4, 0.5) is 0 Å². The Kier molecular flexibility index (Phi) is 4.13. The second-order valence-corrected chi connectivity index (χ2v) is 3.47. The number of ether oxygens (including phenoxy) is 1. The van der Waals surface area contributed by atoms with Gasteiger partial charge >= 0.3 is 0 Å². The molecule has 4 nitrogen and oxygen atoms in total. The van der Waals surface area contributed by atoms with Crippen molar-refractivity contribution in [3.63, 3.8) is 0 Å². The second kappa shape index (κ2) is 4.18. The largest absolute Gasteiger partial charge is 0.395 e. The fourth-order valence-electron chi connectivity index (χ4n) is 0.938. The van der Waals surface area contributed by atoms with Crippen LogP contribution in [-0.2, 0) is 4.74 Å². The minimum Gasteiger partial charge on any atom is -0.395 e. The Morgan fingerprint density at radius 2 is 1.33 bits per heavy atom. The van der Waals surface area contributed by atoms with Gasteiger partial charge in [-0.15, -0.1) is 0 Å². The summed E-state index contributed by atoms with van der Waals surface area (Å²) in [5, 5.41) is 27.1. The number of hydrogen-bond acceptors (Lipinski definition) is 4. The van der Waals surface area contributed by atoms with Gasteiger partial charge in [0.1, 0.15) is 0 Å². The normalized spacial score (nSPS) is 13.5. The molecule has 0 bridgehead atoms. The molecule has 4 heteroatoms. The van der Waals surface area contributed by atoms with E-state index in [1.165, 1.54) is 7.11 Å². The van der Waals surface area contributed by atoms with Gasteiger partial charge in [-0.2, -0.15) is 0 Å². The Hall–Kier alpha value is -0.160. The van der Waals surface area contributed by atoms with Gasteiger partial charge in [-0.25, -0.2) is 0 Å². The third kappa shape index (κ3) is 1.77. The third-order valence-electron chi connectivity index (χ3n) is 2.70. The predicted octanol–water partition coefficient (Wildman–Crippen LogP) is -0.625. The van der Waals surface area contributed by atoms with Crippen molar-refractivity contribution in [1.29, 1.82) is 0 Å². The highest BCUT2D eigenvalue weighted by Crippen LogP contribution is 2.32. The van der Waals surface area contributed by atoms with Gasteiger partial charge in [0.25, 0.3) is 0 Å². The maximum absolute atomic E-state index is 9.04. The molecule has 0 unspecified atom stereocenters. The fraction of sp³-hybridized carbons (Fsp3) is 1.00. The Labute approximate surface area is 72.8 Å². The fourth-order valence-corrected chi connectivity index (χ4v) is 0.938. The van der Waals surface area contributed by atoms with Crippen molar-refractivity contribution in [1.82, 2.24) is 0 Å². The summed E-state index contributed by atoms with van der Waals surface area (Å²) in [6, 6.07) is 0. The van der Waals surface area contributed by atoms with E-state index in [4.69, 9.17) is 20.1 Å². The summed E-state index contributed by atoms with van der Waals surface area (Å²) in [4.78, 5) is 0. The summed E-state index contributed by atoms with van der Waals surface area (Å²) >= 11 is 0. The SMILES string of the molecule is COC(C)(C)C(CO)(CO)CO. The van der Waals surface area contributed by atoms with Gasteiger partial charge in [0, 0.05) is 7.11 Å². The van der Waals surface area contributed by atoms with Crippen LogP contribution in [0.5, 0.6) is 0 Å². The highest BCUT2D eigenvalue weighted by molar-refractivity contribution is 4.93. The van der Waals surface area contributed by atoms with Crippen LogP contribution in [0.2, 0.25) is 0 Å². The number of hydrogen-bond donors (Lipinski definition) is 3. The summed E-state index contributed by atoms with van der Waals surface area (Å²) in [5.41, 5.74) is -1.73. The first kappa shape index (κ1) is 11.8. The summed E-state index contributed by atoms with van der Waals surface area (Å²) in [6.45, 7) is 2.52. The lowest BCUT2D eigenvalue weighted by molar-refractivity contribution is -0.151. The van der Waals surface area contributed by atoms with E-state index in [-0.39, 0.29) is 19.8 Å². The van der Waals surface area contributed by atoms with E-state index in [1.807, 2.05) is 0 Å². The van der Waals surface area contributed by atoms with Crippen molar-refractivity contribution in [2.45, 2.75) is 19.4 Å². The predicted molar refractivity (Wildman–Crippen MR) is 44.8 cm³/mol. The van der Waals surface area contributed by atoms with Crippen LogP contribution in [0, 0.1) is 5.41 Å². The molecule has 0 saturated carbocycles. The van der Waals surface area contributed by atoms with Crippen molar-refractivity contribution in [3.8, 4) is 0 Å². The van der Waals surface area contributed by atoms with Crippen LogP contribution in [0.1, 0.15) is 13.8 Å². The average Bonchev–Trinajstić information content (AvgIpc) is 2.08. The number of methoxy groups -OCH3 is 1.